The summed E-state index contributed by atoms with van der Waals surface area (Å²) in [5.41, 5.74) is 0. The van der Waals surface area contributed by atoms with Crippen LogP contribution in [-0.4, -0.2) is 84.0 Å². The Morgan fingerprint density at radius 2 is 1.48 bits per heavy atom. The van der Waals surface area contributed by atoms with Crippen LogP contribution in [0.2, 0.25) is 0 Å². The number of rotatable bonds is 4. The van der Waals surface area contributed by atoms with Crippen molar-refractivity contribution in [2.75, 3.05) is 39.3 Å². The molecule has 3 saturated heterocycles. The molecule has 4 aliphatic rings. The summed E-state index contributed by atoms with van der Waals surface area (Å²) in [7, 11) is 0. The van der Waals surface area contributed by atoms with Gasteiger partial charge in [-0.1, -0.05) is 0 Å². The highest BCUT2D eigenvalue weighted by atomic mass is 16.5. The zero-order chi connectivity index (χ0) is 19.0. The van der Waals surface area contributed by atoms with Crippen LogP contribution >= 0.6 is 0 Å². The molecule has 0 radical (unpaired) electrons. The van der Waals surface area contributed by atoms with E-state index in [2.05, 4.69) is 23.6 Å². The molecule has 3 unspecified atom stereocenters. The maximum Gasteiger partial charge on any atom is 0.226 e. The zero-order valence-electron chi connectivity index (χ0n) is 16.9. The maximum atomic E-state index is 13.2. The molecule has 0 aromatic rings. The Labute approximate surface area is 163 Å². The predicted molar refractivity (Wildman–Crippen MR) is 103 cm³/mol. The summed E-state index contributed by atoms with van der Waals surface area (Å²) >= 11 is 0. The van der Waals surface area contributed by atoms with E-state index in [4.69, 9.17) is 4.74 Å². The minimum absolute atomic E-state index is 0.108. The van der Waals surface area contributed by atoms with Gasteiger partial charge in [0, 0.05) is 57.1 Å². The van der Waals surface area contributed by atoms with E-state index in [0.717, 1.165) is 77.8 Å². The van der Waals surface area contributed by atoms with Gasteiger partial charge in [0.2, 0.25) is 11.8 Å². The Kier molecular flexibility index (Phi) is 5.74. The fourth-order valence-corrected chi connectivity index (χ4v) is 5.22. The molecule has 4 fully saturated rings. The van der Waals surface area contributed by atoms with Crippen LogP contribution in [0.1, 0.15) is 52.4 Å². The van der Waals surface area contributed by atoms with Gasteiger partial charge in [-0.15, -0.1) is 0 Å². The molecule has 0 aromatic carbocycles. The fourth-order valence-electron chi connectivity index (χ4n) is 5.22. The first-order valence-corrected chi connectivity index (χ1v) is 11.0. The van der Waals surface area contributed by atoms with Crippen molar-refractivity contribution in [2.45, 2.75) is 70.6 Å². The number of carbonyl (C=O) groups is 2. The van der Waals surface area contributed by atoms with Crippen molar-refractivity contribution in [2.24, 2.45) is 11.8 Å². The van der Waals surface area contributed by atoms with Crippen molar-refractivity contribution in [1.82, 2.24) is 14.7 Å². The molecular formula is C21H35N3O3. The molecule has 0 N–H and O–H groups in total. The molecule has 3 atom stereocenters. The smallest absolute Gasteiger partial charge is 0.226 e. The van der Waals surface area contributed by atoms with Crippen LogP contribution in [0.5, 0.6) is 0 Å². The molecule has 4 rings (SSSR count). The molecule has 0 bridgehead atoms. The van der Waals surface area contributed by atoms with Gasteiger partial charge in [-0.2, -0.15) is 0 Å². The van der Waals surface area contributed by atoms with E-state index in [1.165, 1.54) is 0 Å². The molecule has 2 amide bonds. The number of ether oxygens (including phenoxy) is 1. The number of morpholine rings is 1. The van der Waals surface area contributed by atoms with E-state index in [0.29, 0.717) is 23.8 Å². The first kappa shape index (κ1) is 19.2. The van der Waals surface area contributed by atoms with Crippen LogP contribution < -0.4 is 0 Å². The third-order valence-electron chi connectivity index (χ3n) is 6.71. The SMILES string of the molecule is CC1CN(CC2CCCN2C(=O)C2CCN(C(=O)C3CC3)CC2)CC(C)O1. The quantitative estimate of drug-likeness (QED) is 0.749. The molecule has 3 aliphatic heterocycles. The third-order valence-corrected chi connectivity index (χ3v) is 6.71. The second-order valence-electron chi connectivity index (χ2n) is 9.18. The van der Waals surface area contributed by atoms with E-state index >= 15 is 0 Å². The lowest BCUT2D eigenvalue weighted by molar-refractivity contribution is -0.142. The van der Waals surface area contributed by atoms with Gasteiger partial charge in [-0.25, -0.2) is 0 Å². The summed E-state index contributed by atoms with van der Waals surface area (Å²) in [5, 5.41) is 0. The van der Waals surface area contributed by atoms with E-state index in [1.54, 1.807) is 0 Å². The number of amides is 2. The number of hydrogen-bond acceptors (Lipinski definition) is 4. The number of piperidine rings is 1. The van der Waals surface area contributed by atoms with Gasteiger partial charge in [-0.3, -0.25) is 14.5 Å². The number of hydrogen-bond donors (Lipinski definition) is 0. The molecule has 1 saturated carbocycles. The lowest BCUT2D eigenvalue weighted by atomic mass is 9.94. The average Bonchev–Trinajstić information content (AvgIpc) is 3.39. The third kappa shape index (κ3) is 4.48. The monoisotopic (exact) mass is 377 g/mol. The van der Waals surface area contributed by atoms with Crippen molar-refractivity contribution >= 4 is 11.8 Å². The first-order chi connectivity index (χ1) is 13.0. The molecule has 0 aromatic heterocycles. The van der Waals surface area contributed by atoms with Gasteiger partial charge in [0.25, 0.3) is 0 Å². The number of nitrogens with zero attached hydrogens (tertiary/aromatic N) is 3. The van der Waals surface area contributed by atoms with Crippen LogP contribution in [-0.2, 0) is 14.3 Å². The lowest BCUT2D eigenvalue weighted by Gasteiger charge is -2.39. The Morgan fingerprint density at radius 1 is 0.852 bits per heavy atom. The van der Waals surface area contributed by atoms with Gasteiger partial charge in [0.15, 0.2) is 0 Å². The lowest BCUT2D eigenvalue weighted by Crippen LogP contribution is -2.52. The predicted octanol–water partition coefficient (Wildman–Crippen LogP) is 1.74. The average molecular weight is 378 g/mol. The number of carbonyl (C=O) groups excluding carboxylic acids is 2. The van der Waals surface area contributed by atoms with Crippen LogP contribution in [0.4, 0.5) is 0 Å². The highest BCUT2D eigenvalue weighted by Gasteiger charge is 2.39. The Bertz CT molecular complexity index is 547. The van der Waals surface area contributed by atoms with Gasteiger partial charge in [-0.05, 0) is 52.4 Å². The minimum Gasteiger partial charge on any atom is -0.373 e. The maximum absolute atomic E-state index is 13.2. The summed E-state index contributed by atoms with van der Waals surface area (Å²) in [6.45, 7) is 9.61. The molecule has 1 aliphatic carbocycles. The summed E-state index contributed by atoms with van der Waals surface area (Å²) < 4.78 is 5.85. The van der Waals surface area contributed by atoms with Crippen LogP contribution in [0.3, 0.4) is 0 Å². The van der Waals surface area contributed by atoms with Gasteiger partial charge >= 0.3 is 0 Å². The highest BCUT2D eigenvalue weighted by molar-refractivity contribution is 5.82. The summed E-state index contributed by atoms with van der Waals surface area (Å²) in [6, 6.07) is 0.348. The molecule has 6 nitrogen and oxygen atoms in total. The van der Waals surface area contributed by atoms with Crippen molar-refractivity contribution in [3.05, 3.63) is 0 Å². The Balaban J connectivity index is 1.29. The Hall–Kier alpha value is -1.14. The fraction of sp³-hybridized carbons (Fsp3) is 0.905. The van der Waals surface area contributed by atoms with Crippen LogP contribution in [0.15, 0.2) is 0 Å². The van der Waals surface area contributed by atoms with Gasteiger partial charge < -0.3 is 14.5 Å². The molecular weight excluding hydrogens is 342 g/mol. The van der Waals surface area contributed by atoms with E-state index in [9.17, 15) is 9.59 Å². The second kappa shape index (κ2) is 8.08. The Morgan fingerprint density at radius 3 is 2.11 bits per heavy atom. The number of likely N-dealkylation sites (tertiary alicyclic amines) is 2. The summed E-state index contributed by atoms with van der Waals surface area (Å²) in [4.78, 5) is 32.1. The van der Waals surface area contributed by atoms with Gasteiger partial charge in [0.05, 0.1) is 12.2 Å². The zero-order valence-corrected chi connectivity index (χ0v) is 16.9. The molecule has 6 heteroatoms. The normalized spacial score (nSPS) is 33.5. The van der Waals surface area contributed by atoms with E-state index in [-0.39, 0.29) is 18.1 Å². The van der Waals surface area contributed by atoms with Crippen molar-refractivity contribution in [3.8, 4) is 0 Å². The van der Waals surface area contributed by atoms with E-state index in [1.807, 2.05) is 4.90 Å². The molecule has 27 heavy (non-hydrogen) atoms. The summed E-state index contributed by atoms with van der Waals surface area (Å²) in [5.74, 6) is 1.07. The highest BCUT2D eigenvalue weighted by Crippen LogP contribution is 2.33. The van der Waals surface area contributed by atoms with Crippen LogP contribution in [0.25, 0.3) is 0 Å². The minimum atomic E-state index is 0.108. The molecule has 152 valence electrons. The second-order valence-corrected chi connectivity index (χ2v) is 9.18. The largest absolute Gasteiger partial charge is 0.373 e. The van der Waals surface area contributed by atoms with E-state index < -0.39 is 0 Å². The standard InChI is InChI=1S/C21H35N3O3/c1-15-12-22(13-16(2)27-15)14-19-4-3-9-24(19)21(26)18-7-10-23(11-8-18)20(25)17-5-6-17/h15-19H,3-14H2,1-2H3. The summed E-state index contributed by atoms with van der Waals surface area (Å²) in [6.07, 6.45) is 6.58. The van der Waals surface area contributed by atoms with Gasteiger partial charge in [0.1, 0.15) is 0 Å². The molecule has 3 heterocycles. The van der Waals surface area contributed by atoms with Crippen molar-refractivity contribution in [3.63, 3.8) is 0 Å². The first-order valence-electron chi connectivity index (χ1n) is 11.0. The van der Waals surface area contributed by atoms with Crippen LogP contribution in [0, 0.1) is 11.8 Å². The molecule has 0 spiro atoms. The van der Waals surface area contributed by atoms with Crippen molar-refractivity contribution in [1.29, 1.82) is 0 Å². The topological polar surface area (TPSA) is 53.1 Å². The van der Waals surface area contributed by atoms with Crippen molar-refractivity contribution < 1.29 is 14.3 Å².